The van der Waals surface area contributed by atoms with Gasteiger partial charge in [0.1, 0.15) is 12.4 Å². The van der Waals surface area contributed by atoms with Crippen molar-refractivity contribution in [2.45, 2.75) is 25.6 Å². The minimum absolute atomic E-state index is 0.0541. The molecular formula is C18H19F2N3O2. The number of urea groups is 1. The molecule has 1 heterocycles. The van der Waals surface area contributed by atoms with Crippen molar-refractivity contribution in [2.24, 2.45) is 5.73 Å². The molecule has 0 aromatic heterocycles. The summed E-state index contributed by atoms with van der Waals surface area (Å²) in [6.07, 6.45) is 0.306. The van der Waals surface area contributed by atoms with Gasteiger partial charge in [0.15, 0.2) is 11.6 Å². The number of carbonyl (C=O) groups is 1. The van der Waals surface area contributed by atoms with Crippen LogP contribution < -0.4 is 21.1 Å². The molecule has 1 atom stereocenters. The highest BCUT2D eigenvalue weighted by Gasteiger charge is 2.24. The Hall–Kier alpha value is -2.67. The Morgan fingerprint density at radius 1 is 1.24 bits per heavy atom. The van der Waals surface area contributed by atoms with Gasteiger partial charge in [-0.2, -0.15) is 0 Å². The highest BCUT2D eigenvalue weighted by molar-refractivity contribution is 5.74. The predicted octanol–water partition coefficient (Wildman–Crippen LogP) is 2.23. The van der Waals surface area contributed by atoms with Crippen LogP contribution in [0.2, 0.25) is 0 Å². The molecule has 2 aromatic carbocycles. The molecular weight excluding hydrogens is 328 g/mol. The first kappa shape index (κ1) is 17.2. The van der Waals surface area contributed by atoms with Crippen molar-refractivity contribution in [3.8, 4) is 5.75 Å². The first-order chi connectivity index (χ1) is 12.0. The molecule has 7 heteroatoms. The van der Waals surface area contributed by atoms with Gasteiger partial charge in [-0.3, -0.25) is 0 Å². The summed E-state index contributed by atoms with van der Waals surface area (Å²) in [5.74, 6) is -1.33. The highest BCUT2D eigenvalue weighted by Crippen LogP contribution is 2.28. The van der Waals surface area contributed by atoms with E-state index in [0.717, 1.165) is 17.2 Å². The smallest absolute Gasteiger partial charge is 0.315 e. The SMILES string of the molecule is NCc1cccc(CNC(=O)NC2COc3c(F)cc(F)cc3C2)c1. The third-order valence-corrected chi connectivity index (χ3v) is 4.00. The molecule has 2 amide bonds. The molecule has 0 bridgehead atoms. The van der Waals surface area contributed by atoms with Gasteiger partial charge in [0.05, 0.1) is 6.04 Å². The Kier molecular flexibility index (Phi) is 5.14. The number of nitrogens with one attached hydrogen (secondary N) is 2. The minimum atomic E-state index is -0.724. The molecule has 0 aliphatic carbocycles. The molecule has 5 nitrogen and oxygen atoms in total. The molecule has 1 unspecified atom stereocenters. The fourth-order valence-corrected chi connectivity index (χ4v) is 2.81. The van der Waals surface area contributed by atoms with Gasteiger partial charge in [0.25, 0.3) is 0 Å². The number of halogens is 2. The van der Waals surface area contributed by atoms with E-state index in [4.69, 9.17) is 10.5 Å². The van der Waals surface area contributed by atoms with Crippen LogP contribution in [0.15, 0.2) is 36.4 Å². The quantitative estimate of drug-likeness (QED) is 0.794. The van der Waals surface area contributed by atoms with Crippen LogP contribution >= 0.6 is 0 Å². The average Bonchev–Trinajstić information content (AvgIpc) is 2.59. The maximum atomic E-state index is 13.6. The summed E-state index contributed by atoms with van der Waals surface area (Å²) in [4.78, 5) is 12.0. The van der Waals surface area contributed by atoms with E-state index in [9.17, 15) is 13.6 Å². The number of fused-ring (bicyclic) bond motifs is 1. The topological polar surface area (TPSA) is 76.4 Å². The van der Waals surface area contributed by atoms with E-state index in [2.05, 4.69) is 10.6 Å². The summed E-state index contributed by atoms with van der Waals surface area (Å²) in [5, 5.41) is 5.50. The zero-order valence-electron chi connectivity index (χ0n) is 13.5. The Morgan fingerprint density at radius 3 is 2.84 bits per heavy atom. The maximum absolute atomic E-state index is 13.6. The Labute approximate surface area is 144 Å². The van der Waals surface area contributed by atoms with Crippen molar-refractivity contribution in [3.63, 3.8) is 0 Å². The van der Waals surface area contributed by atoms with Crippen molar-refractivity contribution in [2.75, 3.05) is 6.61 Å². The standard InChI is InChI=1S/C18H19F2N3O2/c19-14-5-13-6-15(10-25-17(13)16(20)7-14)23-18(24)22-9-12-3-1-2-11(4-12)8-21/h1-5,7,15H,6,8-10,21H2,(H2,22,23,24). The summed E-state index contributed by atoms with van der Waals surface area (Å²) < 4.78 is 32.2. The molecule has 0 fully saturated rings. The van der Waals surface area contributed by atoms with Gasteiger partial charge in [-0.05, 0) is 23.6 Å². The molecule has 2 aromatic rings. The monoisotopic (exact) mass is 347 g/mol. The van der Waals surface area contributed by atoms with Gasteiger partial charge in [-0.15, -0.1) is 0 Å². The first-order valence-corrected chi connectivity index (χ1v) is 7.98. The van der Waals surface area contributed by atoms with Crippen molar-refractivity contribution in [1.82, 2.24) is 10.6 Å². The Morgan fingerprint density at radius 2 is 2.04 bits per heavy atom. The lowest BCUT2D eigenvalue weighted by Gasteiger charge is -2.26. The number of hydrogen-bond donors (Lipinski definition) is 3. The molecule has 0 spiro atoms. The number of rotatable bonds is 4. The number of ether oxygens (including phenoxy) is 1. The maximum Gasteiger partial charge on any atom is 0.315 e. The van der Waals surface area contributed by atoms with E-state index >= 15 is 0 Å². The third-order valence-electron chi connectivity index (χ3n) is 4.00. The molecule has 25 heavy (non-hydrogen) atoms. The number of benzene rings is 2. The van der Waals surface area contributed by atoms with Gasteiger partial charge in [-0.25, -0.2) is 13.6 Å². The Bertz CT molecular complexity index is 783. The zero-order valence-corrected chi connectivity index (χ0v) is 13.5. The van der Waals surface area contributed by atoms with Gasteiger partial charge < -0.3 is 21.1 Å². The summed E-state index contributed by atoms with van der Waals surface area (Å²) in [6, 6.07) is 8.90. The fraction of sp³-hybridized carbons (Fsp3) is 0.278. The number of hydrogen-bond acceptors (Lipinski definition) is 3. The van der Waals surface area contributed by atoms with E-state index in [1.807, 2.05) is 24.3 Å². The van der Waals surface area contributed by atoms with Crippen LogP contribution in [-0.4, -0.2) is 18.7 Å². The normalized spacial score (nSPS) is 15.9. The second kappa shape index (κ2) is 7.48. The van der Waals surface area contributed by atoms with Crippen LogP contribution in [0.5, 0.6) is 5.75 Å². The van der Waals surface area contributed by atoms with Crippen molar-refractivity contribution >= 4 is 6.03 Å². The molecule has 1 aliphatic heterocycles. The lowest BCUT2D eigenvalue weighted by Crippen LogP contribution is -2.47. The lowest BCUT2D eigenvalue weighted by atomic mass is 10.0. The van der Waals surface area contributed by atoms with Gasteiger partial charge >= 0.3 is 6.03 Å². The number of carbonyl (C=O) groups excluding carboxylic acids is 1. The molecule has 132 valence electrons. The van der Waals surface area contributed by atoms with E-state index in [1.165, 1.54) is 6.07 Å². The zero-order chi connectivity index (χ0) is 17.8. The third kappa shape index (κ3) is 4.24. The molecule has 0 radical (unpaired) electrons. The van der Waals surface area contributed by atoms with Crippen molar-refractivity contribution in [3.05, 3.63) is 64.7 Å². The second-order valence-corrected chi connectivity index (χ2v) is 5.94. The number of nitrogens with two attached hydrogens (primary N) is 1. The van der Waals surface area contributed by atoms with Gasteiger partial charge in [0, 0.05) is 24.7 Å². The predicted molar refractivity (Wildman–Crippen MR) is 89.0 cm³/mol. The molecule has 4 N–H and O–H groups in total. The van der Waals surface area contributed by atoms with Gasteiger partial charge in [-0.1, -0.05) is 24.3 Å². The van der Waals surface area contributed by atoms with E-state index in [0.29, 0.717) is 25.1 Å². The summed E-state index contributed by atoms with van der Waals surface area (Å²) in [5.41, 5.74) is 7.92. The molecule has 3 rings (SSSR count). The number of amides is 2. The van der Waals surface area contributed by atoms with Crippen LogP contribution in [0, 0.1) is 11.6 Å². The van der Waals surface area contributed by atoms with Crippen LogP contribution in [0.1, 0.15) is 16.7 Å². The summed E-state index contributed by atoms with van der Waals surface area (Å²) in [7, 11) is 0. The largest absolute Gasteiger partial charge is 0.488 e. The van der Waals surface area contributed by atoms with Crippen molar-refractivity contribution in [1.29, 1.82) is 0 Å². The first-order valence-electron chi connectivity index (χ1n) is 7.98. The van der Waals surface area contributed by atoms with E-state index in [1.54, 1.807) is 0 Å². The second-order valence-electron chi connectivity index (χ2n) is 5.94. The summed E-state index contributed by atoms with van der Waals surface area (Å²) >= 11 is 0. The van der Waals surface area contributed by atoms with E-state index < -0.39 is 11.6 Å². The minimum Gasteiger partial charge on any atom is -0.488 e. The van der Waals surface area contributed by atoms with Crippen LogP contribution in [0.3, 0.4) is 0 Å². The fourth-order valence-electron chi connectivity index (χ4n) is 2.81. The highest BCUT2D eigenvalue weighted by atomic mass is 19.1. The molecule has 1 aliphatic rings. The van der Waals surface area contributed by atoms with Crippen LogP contribution in [-0.2, 0) is 19.5 Å². The van der Waals surface area contributed by atoms with Crippen LogP contribution in [0.4, 0.5) is 13.6 Å². The average molecular weight is 347 g/mol. The Balaban J connectivity index is 1.55. The molecule has 0 saturated carbocycles. The van der Waals surface area contributed by atoms with Gasteiger partial charge in [0.2, 0.25) is 0 Å². The molecule has 0 saturated heterocycles. The lowest BCUT2D eigenvalue weighted by molar-refractivity contribution is 0.209. The van der Waals surface area contributed by atoms with Crippen LogP contribution in [0.25, 0.3) is 0 Å². The van der Waals surface area contributed by atoms with E-state index in [-0.39, 0.29) is 24.4 Å². The summed E-state index contributed by atoms with van der Waals surface area (Å²) in [6.45, 7) is 0.921. The van der Waals surface area contributed by atoms with Crippen molar-refractivity contribution < 1.29 is 18.3 Å².